The van der Waals surface area contributed by atoms with Crippen LogP contribution >= 0.6 is 10.8 Å². The number of hydrogen-bond acceptors (Lipinski definition) is 3. The lowest BCUT2D eigenvalue weighted by molar-refractivity contribution is 0.626. The van der Waals surface area contributed by atoms with Crippen LogP contribution in [0.15, 0.2) is 0 Å². The van der Waals surface area contributed by atoms with E-state index < -0.39 is 9.74 Å². The first-order chi connectivity index (χ1) is 3.42. The van der Waals surface area contributed by atoms with Gasteiger partial charge in [0.15, 0.2) is 9.74 Å². The van der Waals surface area contributed by atoms with Crippen molar-refractivity contribution in [3.63, 3.8) is 0 Å². The zero-order valence-electron chi connectivity index (χ0n) is 5.17. The Bertz CT molecular complexity index is 123. The van der Waals surface area contributed by atoms with Crippen LogP contribution in [0.1, 0.15) is 20.8 Å². The van der Waals surface area contributed by atoms with E-state index in [2.05, 4.69) is 0 Å². The first-order valence-electron chi connectivity index (χ1n) is 2.25. The van der Waals surface area contributed by atoms with Gasteiger partial charge in [-0.15, -0.1) is 0 Å². The number of rotatable bonds is 1. The highest BCUT2D eigenvalue weighted by atomic mass is 33.1. The van der Waals surface area contributed by atoms with E-state index in [1.165, 1.54) is 0 Å². The molecule has 0 atom stereocenters. The first-order valence-corrected chi connectivity index (χ1v) is 4.85. The molecule has 0 aromatic rings. The molecule has 0 heterocycles. The summed E-state index contributed by atoms with van der Waals surface area (Å²) in [6.07, 6.45) is 0. The van der Waals surface area contributed by atoms with Crippen molar-refractivity contribution in [1.82, 2.24) is 0 Å². The third-order valence-electron chi connectivity index (χ3n) is 0.348. The highest BCUT2D eigenvalue weighted by Gasteiger charge is 2.11. The molecule has 0 bridgehead atoms. The topological polar surface area (TPSA) is 34.1 Å². The summed E-state index contributed by atoms with van der Waals surface area (Å²) in [5, 5.41) is 0. The molecule has 0 aliphatic rings. The maximum absolute atomic E-state index is 10.0. The minimum absolute atomic E-state index is 0.158. The summed E-state index contributed by atoms with van der Waals surface area (Å²) in [6.45, 7) is 5.59. The van der Waals surface area contributed by atoms with E-state index in [4.69, 9.17) is 0 Å². The molecule has 50 valence electrons. The molecule has 0 fully saturated rings. The van der Waals surface area contributed by atoms with Crippen LogP contribution in [0, 0.1) is 0 Å². The third-order valence-corrected chi connectivity index (χ3v) is 3.14. The highest BCUT2D eigenvalue weighted by Crippen LogP contribution is 2.22. The van der Waals surface area contributed by atoms with Gasteiger partial charge in [-0.2, -0.15) is 0 Å². The second kappa shape index (κ2) is 2.73. The van der Waals surface area contributed by atoms with Crippen molar-refractivity contribution in [3.05, 3.63) is 0 Å². The van der Waals surface area contributed by atoms with Crippen molar-refractivity contribution >= 4 is 20.5 Å². The highest BCUT2D eigenvalue weighted by molar-refractivity contribution is 8.64. The van der Waals surface area contributed by atoms with Crippen molar-refractivity contribution in [2.24, 2.45) is 0 Å². The van der Waals surface area contributed by atoms with Gasteiger partial charge in [-0.1, -0.05) is 0 Å². The average molecular weight is 154 g/mol. The zero-order valence-corrected chi connectivity index (χ0v) is 6.88. The molecule has 0 amide bonds. The van der Waals surface area contributed by atoms with Crippen molar-refractivity contribution in [2.75, 3.05) is 0 Å². The molecule has 0 spiro atoms. The van der Waals surface area contributed by atoms with Crippen LogP contribution in [-0.4, -0.2) is 13.2 Å². The summed E-state index contributed by atoms with van der Waals surface area (Å²) in [5.74, 6) is 0. The average Bonchev–Trinajstić information content (AvgIpc) is 1.21. The van der Waals surface area contributed by atoms with Gasteiger partial charge in [0.25, 0.3) is 0 Å². The summed E-state index contributed by atoms with van der Waals surface area (Å²) >= 11 is 0. The monoisotopic (exact) mass is 154 g/mol. The normalized spacial score (nSPS) is 12.5. The van der Waals surface area contributed by atoms with Gasteiger partial charge in [0, 0.05) is 4.75 Å². The fourth-order valence-corrected chi connectivity index (χ4v) is 2.01. The van der Waals surface area contributed by atoms with E-state index >= 15 is 0 Å². The van der Waals surface area contributed by atoms with E-state index in [0.29, 0.717) is 0 Å². The second-order valence-electron chi connectivity index (χ2n) is 2.43. The van der Waals surface area contributed by atoms with Crippen LogP contribution in [0.4, 0.5) is 0 Å². The fourth-order valence-electron chi connectivity index (χ4n) is 0.224. The van der Waals surface area contributed by atoms with Gasteiger partial charge < -0.3 is 0 Å². The Morgan fingerprint density at radius 2 is 1.62 bits per heavy atom. The molecule has 0 unspecified atom stereocenters. The maximum Gasteiger partial charge on any atom is 0.192 e. The van der Waals surface area contributed by atoms with Crippen molar-refractivity contribution in [3.8, 4) is 0 Å². The van der Waals surface area contributed by atoms with Crippen LogP contribution < -0.4 is 0 Å². The van der Waals surface area contributed by atoms with E-state index in [0.717, 1.165) is 10.8 Å². The Balaban J connectivity index is 3.73. The van der Waals surface area contributed by atoms with Crippen LogP contribution in [-0.2, 0) is 9.74 Å². The SMILES string of the molecule is CC(C)(C)S[SH](=O)=O. The molecule has 0 aromatic heterocycles. The summed E-state index contributed by atoms with van der Waals surface area (Å²) < 4.78 is 19.9. The van der Waals surface area contributed by atoms with Gasteiger partial charge in [0.2, 0.25) is 0 Å². The number of thiol groups is 1. The van der Waals surface area contributed by atoms with E-state index in [1.54, 1.807) is 0 Å². The predicted octanol–water partition coefficient (Wildman–Crippen LogP) is 1.04. The standard InChI is InChI=1S/C4H10O2S2/c1-4(2,3)7-8(5)6/h8H,1-3H3. The smallest absolute Gasteiger partial charge is 0.192 e. The van der Waals surface area contributed by atoms with Crippen LogP contribution in [0.5, 0.6) is 0 Å². The molecule has 0 aromatic carbocycles. The van der Waals surface area contributed by atoms with Gasteiger partial charge >= 0.3 is 0 Å². The molecular weight excluding hydrogens is 144 g/mol. The summed E-state index contributed by atoms with van der Waals surface area (Å²) in [6, 6.07) is 0. The number of hydrogen-bond donors (Lipinski definition) is 1. The van der Waals surface area contributed by atoms with Crippen molar-refractivity contribution in [2.45, 2.75) is 25.5 Å². The van der Waals surface area contributed by atoms with Crippen LogP contribution in [0.3, 0.4) is 0 Å². The lowest BCUT2D eigenvalue weighted by Gasteiger charge is -2.10. The van der Waals surface area contributed by atoms with E-state index in [1.807, 2.05) is 20.8 Å². The molecule has 0 saturated heterocycles. The Hall–Kier alpha value is 0.300. The predicted molar refractivity (Wildman–Crippen MR) is 37.7 cm³/mol. The molecule has 0 rings (SSSR count). The van der Waals surface area contributed by atoms with Crippen molar-refractivity contribution < 1.29 is 8.42 Å². The Morgan fingerprint density at radius 1 is 1.25 bits per heavy atom. The van der Waals surface area contributed by atoms with Gasteiger partial charge in [-0.25, -0.2) is 8.42 Å². The molecular formula is C4H10O2S2. The maximum atomic E-state index is 10.0. The summed E-state index contributed by atoms with van der Waals surface area (Å²) in [5.41, 5.74) is 0. The molecule has 0 aliphatic heterocycles. The van der Waals surface area contributed by atoms with Crippen LogP contribution in [0.2, 0.25) is 0 Å². The summed E-state index contributed by atoms with van der Waals surface area (Å²) in [7, 11) is -1.31. The lowest BCUT2D eigenvalue weighted by Crippen LogP contribution is -2.06. The molecule has 0 saturated carbocycles. The van der Waals surface area contributed by atoms with Gasteiger partial charge in [-0.3, -0.25) is 0 Å². The fraction of sp³-hybridized carbons (Fsp3) is 1.00. The minimum atomic E-state index is -2.27. The van der Waals surface area contributed by atoms with Crippen molar-refractivity contribution in [1.29, 1.82) is 0 Å². The Kier molecular flexibility index (Phi) is 2.83. The Labute approximate surface area is 55.0 Å². The lowest BCUT2D eigenvalue weighted by atomic mass is 10.3. The first kappa shape index (κ1) is 8.30. The quantitative estimate of drug-likeness (QED) is 0.453. The molecule has 8 heavy (non-hydrogen) atoms. The van der Waals surface area contributed by atoms with Crippen LogP contribution in [0.25, 0.3) is 0 Å². The van der Waals surface area contributed by atoms with Gasteiger partial charge in [0.05, 0.1) is 0 Å². The minimum Gasteiger partial charge on any atom is -0.220 e. The summed E-state index contributed by atoms with van der Waals surface area (Å²) in [4.78, 5) is 0. The second-order valence-corrected chi connectivity index (χ2v) is 5.72. The molecule has 0 radical (unpaired) electrons. The van der Waals surface area contributed by atoms with E-state index in [9.17, 15) is 8.42 Å². The molecule has 2 nitrogen and oxygen atoms in total. The Morgan fingerprint density at radius 3 is 1.62 bits per heavy atom. The molecule has 0 aliphatic carbocycles. The molecule has 0 N–H and O–H groups in total. The molecule has 4 heteroatoms. The third kappa shape index (κ3) is 6.30. The van der Waals surface area contributed by atoms with E-state index in [-0.39, 0.29) is 4.75 Å². The van der Waals surface area contributed by atoms with Gasteiger partial charge in [-0.05, 0) is 31.6 Å². The van der Waals surface area contributed by atoms with Gasteiger partial charge in [0.1, 0.15) is 0 Å². The largest absolute Gasteiger partial charge is 0.220 e. The zero-order chi connectivity index (χ0) is 6.78.